The van der Waals surface area contributed by atoms with Crippen molar-refractivity contribution in [2.24, 2.45) is 0 Å². The Labute approximate surface area is 217 Å². The van der Waals surface area contributed by atoms with E-state index in [0.29, 0.717) is 64.6 Å². The van der Waals surface area contributed by atoms with Crippen LogP contribution >= 0.6 is 23.2 Å². The highest BCUT2D eigenvalue weighted by Crippen LogP contribution is 2.27. The number of amides is 1. The van der Waals surface area contributed by atoms with Crippen molar-refractivity contribution in [1.82, 2.24) is 24.8 Å². The third-order valence-electron chi connectivity index (χ3n) is 5.97. The van der Waals surface area contributed by atoms with E-state index < -0.39 is 0 Å². The number of ether oxygens (including phenoxy) is 1. The number of hydrogen-bond donors (Lipinski definition) is 1. The van der Waals surface area contributed by atoms with Crippen molar-refractivity contribution in [3.05, 3.63) is 64.3 Å². The topological polar surface area (TPSA) is 110 Å². The molecule has 0 aliphatic carbocycles. The largest absolute Gasteiger partial charge is 0.483 e. The molecular weight excluding hydrogens is 501 g/mol. The lowest BCUT2D eigenvalue weighted by molar-refractivity contribution is -0.133. The van der Waals surface area contributed by atoms with Crippen LogP contribution in [-0.2, 0) is 4.79 Å². The fraction of sp³-hybridized carbons (Fsp3) is 0.240. The summed E-state index contributed by atoms with van der Waals surface area (Å²) in [6.07, 6.45) is 1.65. The van der Waals surface area contributed by atoms with Crippen molar-refractivity contribution in [2.45, 2.75) is 6.92 Å². The summed E-state index contributed by atoms with van der Waals surface area (Å²) in [7, 11) is 0. The second-order valence-corrected chi connectivity index (χ2v) is 9.28. The molecule has 1 aliphatic rings. The monoisotopic (exact) mass is 523 g/mol. The quantitative estimate of drug-likeness (QED) is 0.417. The van der Waals surface area contributed by atoms with Crippen molar-refractivity contribution in [3.8, 4) is 17.0 Å². The van der Waals surface area contributed by atoms with Crippen molar-refractivity contribution >= 4 is 52.0 Å². The molecule has 3 heterocycles. The molecule has 4 aromatic rings. The molecule has 11 heteroatoms. The lowest BCUT2D eigenvalue weighted by Gasteiger charge is -2.35. The Hall–Kier alpha value is -3.69. The van der Waals surface area contributed by atoms with E-state index in [1.54, 1.807) is 41.4 Å². The second kappa shape index (κ2) is 10.1. The number of hydrogen-bond acceptors (Lipinski definition) is 8. The van der Waals surface area contributed by atoms with Gasteiger partial charge in [-0.05, 0) is 42.8 Å². The Balaban J connectivity index is 1.30. The third kappa shape index (κ3) is 5.12. The normalized spacial score (nSPS) is 13.8. The lowest BCUT2D eigenvalue weighted by atomic mass is 10.1. The Kier molecular flexibility index (Phi) is 6.75. The number of aryl methyl sites for hydroxylation is 1. The van der Waals surface area contributed by atoms with Crippen molar-refractivity contribution in [1.29, 1.82) is 0 Å². The standard InChI is InChI=1S/C25H23Cl2N7O2/c1-15-12-18(27)6-7-20(15)36-14-21(35)33-8-10-34(11-9-33)24-22-23(31-25(28)32-24)29-13-19(30-22)16-2-4-17(26)5-3-16/h2-7,12-13H,8-11,14H2,1H3,(H2,28,29,31,32). The molecule has 5 rings (SSSR count). The molecule has 0 unspecified atom stereocenters. The highest BCUT2D eigenvalue weighted by Gasteiger charge is 2.25. The first-order valence-corrected chi connectivity index (χ1v) is 12.1. The van der Waals surface area contributed by atoms with Crippen LogP contribution in [0.2, 0.25) is 10.0 Å². The molecule has 1 saturated heterocycles. The van der Waals surface area contributed by atoms with Crippen LogP contribution in [0.25, 0.3) is 22.4 Å². The van der Waals surface area contributed by atoms with Gasteiger partial charge in [0, 0.05) is 41.8 Å². The van der Waals surface area contributed by atoms with E-state index >= 15 is 0 Å². The molecular formula is C25H23Cl2N7O2. The average Bonchev–Trinajstić information content (AvgIpc) is 2.88. The van der Waals surface area contributed by atoms with E-state index in [0.717, 1.165) is 11.1 Å². The van der Waals surface area contributed by atoms with Gasteiger partial charge in [-0.25, -0.2) is 9.97 Å². The Bertz CT molecular complexity index is 1420. The summed E-state index contributed by atoms with van der Waals surface area (Å²) in [5, 5.41) is 1.27. The molecule has 1 aliphatic heterocycles. The summed E-state index contributed by atoms with van der Waals surface area (Å²) in [4.78, 5) is 34.6. The highest BCUT2D eigenvalue weighted by atomic mass is 35.5. The molecule has 9 nitrogen and oxygen atoms in total. The summed E-state index contributed by atoms with van der Waals surface area (Å²) in [5.41, 5.74) is 9.38. The molecule has 1 fully saturated rings. The number of piperazine rings is 1. The Morgan fingerprint density at radius 2 is 1.72 bits per heavy atom. The van der Waals surface area contributed by atoms with Crippen molar-refractivity contribution in [2.75, 3.05) is 43.4 Å². The number of nitrogen functional groups attached to an aromatic ring is 1. The maximum atomic E-state index is 12.8. The third-order valence-corrected chi connectivity index (χ3v) is 6.45. The van der Waals surface area contributed by atoms with E-state index in [1.807, 2.05) is 19.1 Å². The molecule has 184 valence electrons. The number of halogens is 2. The zero-order valence-corrected chi connectivity index (χ0v) is 21.0. The number of rotatable bonds is 5. The van der Waals surface area contributed by atoms with Gasteiger partial charge in [0.05, 0.1) is 11.9 Å². The molecule has 36 heavy (non-hydrogen) atoms. The number of carbonyl (C=O) groups excluding carboxylic acids is 1. The first kappa shape index (κ1) is 24.0. The molecule has 2 aromatic heterocycles. The smallest absolute Gasteiger partial charge is 0.260 e. The first-order valence-electron chi connectivity index (χ1n) is 11.4. The summed E-state index contributed by atoms with van der Waals surface area (Å²) < 4.78 is 5.73. The second-order valence-electron chi connectivity index (χ2n) is 8.41. The number of aromatic nitrogens is 4. The number of carbonyl (C=O) groups is 1. The predicted octanol–water partition coefficient (Wildman–Crippen LogP) is 4.01. The minimum atomic E-state index is -0.0825. The van der Waals surface area contributed by atoms with Gasteiger partial charge in [0.25, 0.3) is 5.91 Å². The van der Waals surface area contributed by atoms with Gasteiger partial charge in [-0.1, -0.05) is 35.3 Å². The van der Waals surface area contributed by atoms with Crippen LogP contribution in [0.15, 0.2) is 48.7 Å². The van der Waals surface area contributed by atoms with Crippen LogP contribution in [0.4, 0.5) is 11.8 Å². The molecule has 1 amide bonds. The van der Waals surface area contributed by atoms with Gasteiger partial charge in [0.1, 0.15) is 5.75 Å². The lowest BCUT2D eigenvalue weighted by Crippen LogP contribution is -2.50. The van der Waals surface area contributed by atoms with Crippen molar-refractivity contribution < 1.29 is 9.53 Å². The van der Waals surface area contributed by atoms with E-state index in [-0.39, 0.29) is 18.5 Å². The van der Waals surface area contributed by atoms with Crippen LogP contribution < -0.4 is 15.4 Å². The van der Waals surface area contributed by atoms with E-state index in [2.05, 4.69) is 19.9 Å². The van der Waals surface area contributed by atoms with Gasteiger partial charge < -0.3 is 20.3 Å². The molecule has 2 N–H and O–H groups in total. The van der Waals surface area contributed by atoms with E-state index in [1.165, 1.54) is 0 Å². The number of anilines is 2. The predicted molar refractivity (Wildman–Crippen MR) is 140 cm³/mol. The van der Waals surface area contributed by atoms with Gasteiger partial charge in [-0.3, -0.25) is 4.79 Å². The van der Waals surface area contributed by atoms with Crippen LogP contribution in [-0.4, -0.2) is 63.5 Å². The summed E-state index contributed by atoms with van der Waals surface area (Å²) in [6, 6.07) is 12.7. The SMILES string of the molecule is Cc1cc(Cl)ccc1OCC(=O)N1CCN(c2nc(N)nc3ncc(-c4ccc(Cl)cc4)nc23)CC1. The number of benzene rings is 2. The van der Waals surface area contributed by atoms with Gasteiger partial charge in [0.15, 0.2) is 23.6 Å². The Morgan fingerprint density at radius 1 is 1.00 bits per heavy atom. The van der Waals surface area contributed by atoms with Crippen LogP contribution in [0.1, 0.15) is 5.56 Å². The summed E-state index contributed by atoms with van der Waals surface area (Å²) >= 11 is 12.0. The van der Waals surface area contributed by atoms with Gasteiger partial charge >= 0.3 is 0 Å². The van der Waals surface area contributed by atoms with Gasteiger partial charge in [-0.2, -0.15) is 9.97 Å². The summed E-state index contributed by atoms with van der Waals surface area (Å²) in [5.74, 6) is 1.28. The van der Waals surface area contributed by atoms with Crippen molar-refractivity contribution in [3.63, 3.8) is 0 Å². The molecule has 0 saturated carbocycles. The fourth-order valence-electron chi connectivity index (χ4n) is 4.06. The molecule has 0 radical (unpaired) electrons. The molecule has 2 aromatic carbocycles. The molecule has 0 spiro atoms. The number of nitrogens with two attached hydrogens (primary N) is 1. The van der Waals surface area contributed by atoms with Crippen LogP contribution in [0.5, 0.6) is 5.75 Å². The zero-order chi connectivity index (χ0) is 25.2. The summed E-state index contributed by atoms with van der Waals surface area (Å²) in [6.45, 7) is 3.99. The number of nitrogens with zero attached hydrogens (tertiary/aromatic N) is 6. The first-order chi connectivity index (χ1) is 17.4. The number of fused-ring (bicyclic) bond motifs is 1. The maximum Gasteiger partial charge on any atom is 0.260 e. The minimum Gasteiger partial charge on any atom is -0.483 e. The maximum absolute atomic E-state index is 12.8. The minimum absolute atomic E-state index is 0.0399. The van der Waals surface area contributed by atoms with Gasteiger partial charge in [-0.15, -0.1) is 0 Å². The average molecular weight is 524 g/mol. The zero-order valence-electron chi connectivity index (χ0n) is 19.5. The molecule has 0 atom stereocenters. The highest BCUT2D eigenvalue weighted by molar-refractivity contribution is 6.31. The van der Waals surface area contributed by atoms with Crippen LogP contribution in [0, 0.1) is 6.92 Å². The van der Waals surface area contributed by atoms with E-state index in [9.17, 15) is 4.79 Å². The van der Waals surface area contributed by atoms with Gasteiger partial charge in [0.2, 0.25) is 5.95 Å². The van der Waals surface area contributed by atoms with E-state index in [4.69, 9.17) is 38.7 Å². The fourth-order valence-corrected chi connectivity index (χ4v) is 4.42. The molecule has 0 bridgehead atoms. The van der Waals surface area contributed by atoms with Crippen LogP contribution in [0.3, 0.4) is 0 Å². The Morgan fingerprint density at radius 3 is 2.44 bits per heavy atom.